The Morgan fingerprint density at radius 2 is 1.89 bits per heavy atom. The molecule has 2 aromatic rings. The number of sulfone groups is 1. The summed E-state index contributed by atoms with van der Waals surface area (Å²) in [5.41, 5.74) is 1.08. The molecule has 0 atom stereocenters. The van der Waals surface area contributed by atoms with E-state index < -0.39 is 9.84 Å². The van der Waals surface area contributed by atoms with Crippen molar-refractivity contribution in [1.29, 1.82) is 0 Å². The maximum atomic E-state index is 11.6. The van der Waals surface area contributed by atoms with Gasteiger partial charge in [0.15, 0.2) is 9.84 Å². The predicted octanol–water partition coefficient (Wildman–Crippen LogP) is 3.46. The molecule has 3 nitrogen and oxygen atoms in total. The van der Waals surface area contributed by atoms with Crippen molar-refractivity contribution >= 4 is 33.0 Å². The lowest BCUT2D eigenvalue weighted by Crippen LogP contribution is -1.99. The molecule has 1 aromatic heterocycles. The van der Waals surface area contributed by atoms with E-state index in [0.717, 1.165) is 6.26 Å². The zero-order valence-corrected chi connectivity index (χ0v) is 11.7. The average Bonchev–Trinajstić information content (AvgIpc) is 2.31. The molecular formula is C12H9Cl2NO2S. The van der Waals surface area contributed by atoms with E-state index in [9.17, 15) is 8.42 Å². The molecule has 0 fully saturated rings. The number of halogens is 2. The molecule has 18 heavy (non-hydrogen) atoms. The monoisotopic (exact) mass is 301 g/mol. The van der Waals surface area contributed by atoms with Crippen LogP contribution in [0.4, 0.5) is 0 Å². The van der Waals surface area contributed by atoms with Gasteiger partial charge in [-0.05, 0) is 24.3 Å². The minimum Gasteiger partial charge on any atom is -0.256 e. The molecule has 0 aliphatic heterocycles. The molecule has 1 heterocycles. The fourth-order valence-electron chi connectivity index (χ4n) is 1.54. The molecule has 1 aromatic carbocycles. The van der Waals surface area contributed by atoms with Crippen LogP contribution in [-0.2, 0) is 9.84 Å². The molecule has 0 spiro atoms. The summed E-state index contributed by atoms with van der Waals surface area (Å²) >= 11 is 12.0. The van der Waals surface area contributed by atoms with Crippen LogP contribution in [0, 0.1) is 0 Å². The molecule has 2 rings (SSSR count). The fourth-order valence-corrected chi connectivity index (χ4v) is 3.23. The summed E-state index contributed by atoms with van der Waals surface area (Å²) in [7, 11) is -3.43. The van der Waals surface area contributed by atoms with Gasteiger partial charge in [0.25, 0.3) is 0 Å². The zero-order chi connectivity index (χ0) is 13.3. The quantitative estimate of drug-likeness (QED) is 0.853. The summed E-state index contributed by atoms with van der Waals surface area (Å²) < 4.78 is 23.3. The Morgan fingerprint density at radius 1 is 1.17 bits per heavy atom. The van der Waals surface area contributed by atoms with Crippen molar-refractivity contribution in [3.63, 3.8) is 0 Å². The number of hydrogen-bond acceptors (Lipinski definition) is 3. The lowest BCUT2D eigenvalue weighted by Gasteiger charge is -2.09. The molecule has 0 aliphatic carbocycles. The van der Waals surface area contributed by atoms with Crippen molar-refractivity contribution in [2.45, 2.75) is 4.90 Å². The fraction of sp³-hybridized carbons (Fsp3) is 0.0833. The Balaban J connectivity index is 2.75. The van der Waals surface area contributed by atoms with Gasteiger partial charge in [-0.3, -0.25) is 4.98 Å². The van der Waals surface area contributed by atoms with Gasteiger partial charge < -0.3 is 0 Å². The smallest absolute Gasteiger partial charge is 0.177 e. The number of nitrogens with zero attached hydrogens (tertiary/aromatic N) is 1. The van der Waals surface area contributed by atoms with E-state index in [0.29, 0.717) is 16.3 Å². The number of aromatic nitrogens is 1. The summed E-state index contributed by atoms with van der Waals surface area (Å²) in [4.78, 5) is 4.15. The number of hydrogen-bond donors (Lipinski definition) is 0. The highest BCUT2D eigenvalue weighted by molar-refractivity contribution is 7.90. The summed E-state index contributed by atoms with van der Waals surface area (Å²) in [6.07, 6.45) is 2.69. The van der Waals surface area contributed by atoms with Gasteiger partial charge in [-0.15, -0.1) is 0 Å². The van der Waals surface area contributed by atoms with Crippen LogP contribution in [0.5, 0.6) is 0 Å². The van der Waals surface area contributed by atoms with Gasteiger partial charge in [0.05, 0.1) is 15.6 Å². The van der Waals surface area contributed by atoms with Crippen LogP contribution in [0.1, 0.15) is 0 Å². The van der Waals surface area contributed by atoms with E-state index in [1.165, 1.54) is 6.07 Å². The van der Waals surface area contributed by atoms with Gasteiger partial charge in [0, 0.05) is 23.0 Å². The molecule has 94 valence electrons. The SMILES string of the molecule is CS(=O)(=O)c1cc(Cl)cc(-c2ccccn2)c1Cl. The first-order chi connectivity index (χ1) is 8.39. The second-order valence-electron chi connectivity index (χ2n) is 3.75. The Kier molecular flexibility index (Phi) is 3.61. The zero-order valence-electron chi connectivity index (χ0n) is 9.39. The number of rotatable bonds is 2. The van der Waals surface area contributed by atoms with Crippen molar-refractivity contribution in [3.8, 4) is 11.3 Å². The highest BCUT2D eigenvalue weighted by Crippen LogP contribution is 2.35. The normalized spacial score (nSPS) is 11.5. The number of pyridine rings is 1. The molecule has 0 amide bonds. The molecule has 6 heteroatoms. The van der Waals surface area contributed by atoms with Gasteiger partial charge in [-0.2, -0.15) is 0 Å². The van der Waals surface area contributed by atoms with Crippen LogP contribution in [0.2, 0.25) is 10.0 Å². The first-order valence-electron chi connectivity index (χ1n) is 5.00. The minimum absolute atomic E-state index is 0.0114. The van der Waals surface area contributed by atoms with E-state index in [1.807, 2.05) is 0 Å². The van der Waals surface area contributed by atoms with Gasteiger partial charge in [0.1, 0.15) is 0 Å². The summed E-state index contributed by atoms with van der Waals surface area (Å²) in [6.45, 7) is 0. The van der Waals surface area contributed by atoms with Crippen LogP contribution in [-0.4, -0.2) is 19.7 Å². The highest BCUT2D eigenvalue weighted by Gasteiger charge is 2.18. The third kappa shape index (κ3) is 2.66. The van der Waals surface area contributed by atoms with Crippen LogP contribution in [0.3, 0.4) is 0 Å². The van der Waals surface area contributed by atoms with Gasteiger partial charge in [0.2, 0.25) is 0 Å². The standard InChI is InChI=1S/C12H9Cl2NO2S/c1-18(16,17)11-7-8(13)6-9(12(11)14)10-4-2-3-5-15-10/h2-7H,1H3. The molecule has 0 unspecified atom stereocenters. The van der Waals surface area contributed by atoms with Crippen LogP contribution < -0.4 is 0 Å². The molecule has 0 saturated heterocycles. The molecule has 0 aliphatic rings. The lowest BCUT2D eigenvalue weighted by molar-refractivity contribution is 0.602. The highest BCUT2D eigenvalue weighted by atomic mass is 35.5. The van der Waals surface area contributed by atoms with Crippen LogP contribution >= 0.6 is 23.2 Å². The Labute approximate surface area is 115 Å². The molecule has 0 bridgehead atoms. The van der Waals surface area contributed by atoms with Crippen molar-refractivity contribution in [2.75, 3.05) is 6.26 Å². The summed E-state index contributed by atoms with van der Waals surface area (Å²) in [6, 6.07) is 8.23. The Hall–Kier alpha value is -1.10. The second kappa shape index (κ2) is 4.88. The first kappa shape index (κ1) is 13.3. The third-order valence-electron chi connectivity index (χ3n) is 2.34. The van der Waals surface area contributed by atoms with E-state index in [1.54, 1.807) is 30.5 Å². The van der Waals surface area contributed by atoms with Gasteiger partial charge in [-0.1, -0.05) is 29.3 Å². The second-order valence-corrected chi connectivity index (χ2v) is 6.55. The van der Waals surface area contributed by atoms with E-state index in [2.05, 4.69) is 4.98 Å². The largest absolute Gasteiger partial charge is 0.256 e. The third-order valence-corrected chi connectivity index (χ3v) is 4.20. The molecule has 0 N–H and O–H groups in total. The summed E-state index contributed by atoms with van der Waals surface area (Å²) in [5, 5.41) is 0.445. The van der Waals surface area contributed by atoms with Crippen molar-refractivity contribution < 1.29 is 8.42 Å². The van der Waals surface area contributed by atoms with Crippen molar-refractivity contribution in [3.05, 3.63) is 46.6 Å². The topological polar surface area (TPSA) is 47.0 Å². The Bertz CT molecular complexity index is 685. The van der Waals surface area contributed by atoms with Crippen molar-refractivity contribution in [2.24, 2.45) is 0 Å². The van der Waals surface area contributed by atoms with E-state index in [-0.39, 0.29) is 9.92 Å². The minimum atomic E-state index is -3.43. The van der Waals surface area contributed by atoms with Gasteiger partial charge in [-0.25, -0.2) is 8.42 Å². The van der Waals surface area contributed by atoms with E-state index >= 15 is 0 Å². The molecule has 0 saturated carbocycles. The Morgan fingerprint density at radius 3 is 2.44 bits per heavy atom. The molecule has 0 radical (unpaired) electrons. The summed E-state index contributed by atoms with van der Waals surface area (Å²) in [5.74, 6) is 0. The van der Waals surface area contributed by atoms with Crippen LogP contribution in [0.15, 0.2) is 41.4 Å². The van der Waals surface area contributed by atoms with E-state index in [4.69, 9.17) is 23.2 Å². The predicted molar refractivity (Wildman–Crippen MR) is 72.8 cm³/mol. The number of benzene rings is 1. The molecular weight excluding hydrogens is 293 g/mol. The van der Waals surface area contributed by atoms with Gasteiger partial charge >= 0.3 is 0 Å². The lowest BCUT2D eigenvalue weighted by atomic mass is 10.1. The first-order valence-corrected chi connectivity index (χ1v) is 7.65. The van der Waals surface area contributed by atoms with Crippen molar-refractivity contribution in [1.82, 2.24) is 4.98 Å². The maximum Gasteiger partial charge on any atom is 0.177 e. The van der Waals surface area contributed by atoms with Crippen LogP contribution in [0.25, 0.3) is 11.3 Å². The maximum absolute atomic E-state index is 11.6. The average molecular weight is 302 g/mol.